The number of hydrogen-bond acceptors (Lipinski definition) is 2. The van der Waals surface area contributed by atoms with Crippen molar-refractivity contribution < 1.29 is 9.90 Å². The van der Waals surface area contributed by atoms with Gasteiger partial charge in [-0.15, -0.1) is 0 Å². The second-order valence-corrected chi connectivity index (χ2v) is 3.02. The van der Waals surface area contributed by atoms with Gasteiger partial charge in [0.2, 0.25) is 0 Å². The predicted molar refractivity (Wildman–Crippen MR) is 55.7 cm³/mol. The highest BCUT2D eigenvalue weighted by molar-refractivity contribution is 5.73. The first-order valence-electron chi connectivity index (χ1n) is 4.39. The number of hydrogen-bond donors (Lipinski definition) is 2. The standard InChI is InChI=1S/C11H13NO2/c12-10(11(13)14)8-9-6-4-2-1-3-5-7-9/h1-7,10H,8,12H2,(H,13,14)/b2-1-,3-1?,4-2?,5-3-,6-4-,7-5?,9-6?,9-7+/t10-/m1/s1. The van der Waals surface area contributed by atoms with Crippen LogP contribution in [0.1, 0.15) is 6.42 Å². The number of carboxylic acids is 1. The average molecular weight is 191 g/mol. The lowest BCUT2D eigenvalue weighted by Crippen LogP contribution is -2.30. The minimum absolute atomic E-state index is 0.351. The van der Waals surface area contributed by atoms with Crippen LogP contribution in [0.2, 0.25) is 0 Å². The van der Waals surface area contributed by atoms with E-state index >= 15 is 0 Å². The zero-order valence-corrected chi connectivity index (χ0v) is 7.76. The Bertz CT molecular complexity index is 324. The fourth-order valence-corrected chi connectivity index (χ4v) is 1.08. The molecule has 0 aliphatic heterocycles. The molecule has 0 radical (unpaired) electrons. The van der Waals surface area contributed by atoms with E-state index in [4.69, 9.17) is 10.8 Å². The Morgan fingerprint density at radius 1 is 1.29 bits per heavy atom. The van der Waals surface area contributed by atoms with E-state index in [0.717, 1.165) is 5.57 Å². The molecule has 1 aliphatic carbocycles. The Kier molecular flexibility index (Phi) is 3.88. The number of aliphatic carboxylic acids is 1. The van der Waals surface area contributed by atoms with Crippen LogP contribution in [-0.4, -0.2) is 17.1 Å². The second-order valence-electron chi connectivity index (χ2n) is 3.02. The monoisotopic (exact) mass is 191 g/mol. The number of rotatable bonds is 3. The predicted octanol–water partition coefficient (Wildman–Crippen LogP) is 1.40. The van der Waals surface area contributed by atoms with Crippen LogP contribution < -0.4 is 5.73 Å². The molecule has 3 nitrogen and oxygen atoms in total. The molecule has 0 unspecified atom stereocenters. The number of nitrogens with two attached hydrogens (primary N) is 1. The first-order valence-corrected chi connectivity index (χ1v) is 4.39. The molecule has 1 aliphatic rings. The average Bonchev–Trinajstić information content (AvgIpc) is 2.08. The van der Waals surface area contributed by atoms with E-state index in [-0.39, 0.29) is 0 Å². The summed E-state index contributed by atoms with van der Waals surface area (Å²) in [6.45, 7) is 0. The van der Waals surface area contributed by atoms with Crippen molar-refractivity contribution in [3.8, 4) is 0 Å². The van der Waals surface area contributed by atoms with E-state index in [9.17, 15) is 4.79 Å². The minimum Gasteiger partial charge on any atom is -0.480 e. The van der Waals surface area contributed by atoms with Crippen LogP contribution in [0, 0.1) is 0 Å². The van der Waals surface area contributed by atoms with Gasteiger partial charge < -0.3 is 10.8 Å². The van der Waals surface area contributed by atoms with Gasteiger partial charge in [-0.25, -0.2) is 0 Å². The first kappa shape index (κ1) is 10.5. The fraction of sp³-hybridized carbons (Fsp3) is 0.182. The first-order chi connectivity index (χ1) is 6.70. The zero-order chi connectivity index (χ0) is 10.4. The molecule has 1 atom stereocenters. The molecule has 0 bridgehead atoms. The van der Waals surface area contributed by atoms with E-state index < -0.39 is 12.0 Å². The maximum absolute atomic E-state index is 10.5. The highest BCUT2D eigenvalue weighted by Gasteiger charge is 2.11. The molecule has 3 heteroatoms. The molecular formula is C11H13NO2. The topological polar surface area (TPSA) is 63.3 Å². The summed E-state index contributed by atoms with van der Waals surface area (Å²) in [4.78, 5) is 10.5. The lowest BCUT2D eigenvalue weighted by Gasteiger charge is -2.06. The van der Waals surface area contributed by atoms with E-state index in [1.165, 1.54) is 0 Å². The van der Waals surface area contributed by atoms with E-state index in [0.29, 0.717) is 6.42 Å². The minimum atomic E-state index is -0.971. The summed E-state index contributed by atoms with van der Waals surface area (Å²) < 4.78 is 0. The van der Waals surface area contributed by atoms with Gasteiger partial charge in [0.25, 0.3) is 0 Å². The number of allylic oxidation sites excluding steroid dienone is 7. The van der Waals surface area contributed by atoms with Crippen LogP contribution in [0.5, 0.6) is 0 Å². The fourth-order valence-electron chi connectivity index (χ4n) is 1.08. The zero-order valence-electron chi connectivity index (χ0n) is 7.76. The third-order valence-corrected chi connectivity index (χ3v) is 1.84. The van der Waals surface area contributed by atoms with Crippen molar-refractivity contribution in [3.63, 3.8) is 0 Å². The summed E-state index contributed by atoms with van der Waals surface area (Å²) in [5.74, 6) is -0.971. The Morgan fingerprint density at radius 2 is 1.93 bits per heavy atom. The Hall–Kier alpha value is -1.61. The molecule has 1 rings (SSSR count). The number of carboxylic acid groups (broad SMARTS) is 1. The summed E-state index contributed by atoms with van der Waals surface area (Å²) in [6, 6.07) is -0.831. The van der Waals surface area contributed by atoms with Crippen LogP contribution in [-0.2, 0) is 4.79 Å². The molecule has 0 aromatic carbocycles. The van der Waals surface area contributed by atoms with Gasteiger partial charge in [-0.1, -0.05) is 42.5 Å². The van der Waals surface area contributed by atoms with Crippen molar-refractivity contribution in [3.05, 3.63) is 48.1 Å². The van der Waals surface area contributed by atoms with Gasteiger partial charge >= 0.3 is 5.97 Å². The summed E-state index contributed by atoms with van der Waals surface area (Å²) in [5.41, 5.74) is 6.34. The molecule has 0 saturated heterocycles. The molecule has 14 heavy (non-hydrogen) atoms. The van der Waals surface area contributed by atoms with Crippen LogP contribution in [0.25, 0.3) is 0 Å². The SMILES string of the molecule is N[C@H](CC1=C/C=C\C=C/C=C\1)C(=O)O. The molecule has 0 amide bonds. The smallest absolute Gasteiger partial charge is 0.320 e. The van der Waals surface area contributed by atoms with Crippen LogP contribution in [0.3, 0.4) is 0 Å². The van der Waals surface area contributed by atoms with Crippen molar-refractivity contribution in [1.82, 2.24) is 0 Å². The highest BCUT2D eigenvalue weighted by Crippen LogP contribution is 2.08. The van der Waals surface area contributed by atoms with Crippen LogP contribution >= 0.6 is 0 Å². The lowest BCUT2D eigenvalue weighted by atomic mass is 10.1. The Balaban J connectivity index is 2.64. The van der Waals surface area contributed by atoms with Crippen molar-refractivity contribution in [2.75, 3.05) is 0 Å². The lowest BCUT2D eigenvalue weighted by molar-refractivity contribution is -0.138. The molecule has 0 aromatic rings. The van der Waals surface area contributed by atoms with E-state index in [1.807, 2.05) is 42.5 Å². The molecule has 0 spiro atoms. The van der Waals surface area contributed by atoms with E-state index in [2.05, 4.69) is 0 Å². The van der Waals surface area contributed by atoms with Crippen molar-refractivity contribution >= 4 is 5.97 Å². The number of carbonyl (C=O) groups is 1. The van der Waals surface area contributed by atoms with Crippen molar-refractivity contribution in [2.45, 2.75) is 12.5 Å². The van der Waals surface area contributed by atoms with Crippen molar-refractivity contribution in [2.24, 2.45) is 5.73 Å². The highest BCUT2D eigenvalue weighted by atomic mass is 16.4. The molecule has 0 fully saturated rings. The van der Waals surface area contributed by atoms with Gasteiger partial charge in [-0.2, -0.15) is 0 Å². The molecule has 0 saturated carbocycles. The molecule has 0 heterocycles. The Labute approximate surface area is 82.9 Å². The molecule has 74 valence electrons. The summed E-state index contributed by atoms with van der Waals surface area (Å²) >= 11 is 0. The van der Waals surface area contributed by atoms with Crippen LogP contribution in [0.4, 0.5) is 0 Å². The third-order valence-electron chi connectivity index (χ3n) is 1.84. The Morgan fingerprint density at radius 3 is 2.64 bits per heavy atom. The van der Waals surface area contributed by atoms with Gasteiger partial charge in [-0.05, 0) is 12.0 Å². The maximum atomic E-state index is 10.5. The second kappa shape index (κ2) is 5.19. The molecular weight excluding hydrogens is 178 g/mol. The van der Waals surface area contributed by atoms with Gasteiger partial charge in [0.05, 0.1) is 0 Å². The van der Waals surface area contributed by atoms with Gasteiger partial charge in [-0.3, -0.25) is 4.79 Å². The van der Waals surface area contributed by atoms with Gasteiger partial charge in [0, 0.05) is 0 Å². The summed E-state index contributed by atoms with van der Waals surface area (Å²) in [6.07, 6.45) is 13.5. The molecule has 0 aromatic heterocycles. The normalized spacial score (nSPS) is 27.6. The largest absolute Gasteiger partial charge is 0.480 e. The quantitative estimate of drug-likeness (QED) is 0.708. The van der Waals surface area contributed by atoms with E-state index in [1.54, 1.807) is 0 Å². The maximum Gasteiger partial charge on any atom is 0.320 e. The van der Waals surface area contributed by atoms with Gasteiger partial charge in [0.1, 0.15) is 6.04 Å². The van der Waals surface area contributed by atoms with Crippen LogP contribution in [0.15, 0.2) is 48.1 Å². The summed E-state index contributed by atoms with van der Waals surface area (Å²) in [7, 11) is 0. The van der Waals surface area contributed by atoms with Crippen molar-refractivity contribution in [1.29, 1.82) is 0 Å². The summed E-state index contributed by atoms with van der Waals surface area (Å²) in [5, 5.41) is 8.63. The third kappa shape index (κ3) is 3.41. The molecule has 3 N–H and O–H groups in total. The van der Waals surface area contributed by atoms with Gasteiger partial charge in [0.15, 0.2) is 0 Å².